The minimum Gasteiger partial charge on any atom is -0.322 e. The number of carbonyl (C=O) groups is 1. The number of para-hydroxylation sites is 1. The first kappa shape index (κ1) is 21.0. The van der Waals surface area contributed by atoms with Gasteiger partial charge in [-0.05, 0) is 49.2 Å². The van der Waals surface area contributed by atoms with Crippen molar-refractivity contribution < 1.29 is 9.72 Å². The number of nitrogens with zero attached hydrogens (tertiary/aromatic N) is 2. The van der Waals surface area contributed by atoms with Gasteiger partial charge in [0.1, 0.15) is 0 Å². The molecule has 160 valence electrons. The molecule has 0 saturated heterocycles. The summed E-state index contributed by atoms with van der Waals surface area (Å²) in [6.45, 7) is 4.07. The quantitative estimate of drug-likeness (QED) is 0.362. The van der Waals surface area contributed by atoms with Crippen LogP contribution in [0, 0.1) is 24.0 Å². The van der Waals surface area contributed by atoms with E-state index in [0.29, 0.717) is 22.3 Å². The summed E-state index contributed by atoms with van der Waals surface area (Å²) in [5.74, 6) is -0.309. The lowest BCUT2D eigenvalue weighted by molar-refractivity contribution is -0.384. The zero-order chi connectivity index (χ0) is 22.8. The molecule has 7 heteroatoms. The molecule has 0 radical (unpaired) electrons. The number of rotatable bonds is 5. The van der Waals surface area contributed by atoms with Crippen LogP contribution in [0.15, 0.2) is 77.6 Å². The summed E-state index contributed by atoms with van der Waals surface area (Å²) < 4.78 is 0. The van der Waals surface area contributed by atoms with Crippen LogP contribution in [0.25, 0.3) is 10.9 Å². The fourth-order valence-corrected chi connectivity index (χ4v) is 3.83. The number of amides is 1. The number of anilines is 1. The zero-order valence-electron chi connectivity index (χ0n) is 17.7. The van der Waals surface area contributed by atoms with Crippen LogP contribution in [0.2, 0.25) is 0 Å². The van der Waals surface area contributed by atoms with Gasteiger partial charge in [-0.25, -0.2) is 0 Å². The second kappa shape index (κ2) is 8.47. The van der Waals surface area contributed by atoms with E-state index in [1.807, 2.05) is 56.3 Å². The highest BCUT2D eigenvalue weighted by Crippen LogP contribution is 2.27. The Morgan fingerprint density at radius 1 is 1.00 bits per heavy atom. The van der Waals surface area contributed by atoms with E-state index in [2.05, 4.69) is 4.98 Å². The van der Waals surface area contributed by atoms with Gasteiger partial charge in [0.15, 0.2) is 0 Å². The minimum atomic E-state index is -0.501. The summed E-state index contributed by atoms with van der Waals surface area (Å²) in [5.41, 5.74) is 4.08. The summed E-state index contributed by atoms with van der Waals surface area (Å²) in [5, 5.41) is 11.8. The van der Waals surface area contributed by atoms with Gasteiger partial charge in [-0.2, -0.15) is 0 Å². The van der Waals surface area contributed by atoms with Crippen molar-refractivity contribution in [2.75, 3.05) is 4.90 Å². The number of aromatic nitrogens is 1. The molecule has 0 saturated carbocycles. The van der Waals surface area contributed by atoms with Gasteiger partial charge < -0.3 is 9.88 Å². The zero-order valence-corrected chi connectivity index (χ0v) is 17.7. The Morgan fingerprint density at radius 2 is 1.72 bits per heavy atom. The van der Waals surface area contributed by atoms with E-state index in [1.54, 1.807) is 4.90 Å². The summed E-state index contributed by atoms with van der Waals surface area (Å²) in [6, 6.07) is 20.3. The maximum absolute atomic E-state index is 13.6. The van der Waals surface area contributed by atoms with E-state index in [4.69, 9.17) is 0 Å². The molecular weight excluding hydrogens is 406 g/mol. The third-order valence-electron chi connectivity index (χ3n) is 5.38. The summed E-state index contributed by atoms with van der Waals surface area (Å²) in [4.78, 5) is 40.7. The van der Waals surface area contributed by atoms with Gasteiger partial charge in [-0.15, -0.1) is 0 Å². The number of hydrogen-bond donors (Lipinski definition) is 1. The number of benzene rings is 3. The maximum Gasteiger partial charge on any atom is 0.269 e. The fraction of sp³-hybridized carbons (Fsp3) is 0.120. The van der Waals surface area contributed by atoms with E-state index in [9.17, 15) is 19.7 Å². The lowest BCUT2D eigenvalue weighted by atomic mass is 10.0. The molecule has 3 aromatic carbocycles. The summed E-state index contributed by atoms with van der Waals surface area (Å²) in [7, 11) is 0. The van der Waals surface area contributed by atoms with Crippen LogP contribution in [0.5, 0.6) is 0 Å². The standard InChI is InChI=1S/C25H21N3O4/c1-16-7-12-23(17(2)13-16)27(25(30)18-8-10-20(11-9-18)28(31)32)15-19-14-24(29)26-22-6-4-3-5-21(19)22/h3-14H,15H2,1-2H3,(H,26,29). The monoisotopic (exact) mass is 427 g/mol. The van der Waals surface area contributed by atoms with Crippen LogP contribution in [-0.4, -0.2) is 15.8 Å². The highest BCUT2D eigenvalue weighted by molar-refractivity contribution is 6.06. The molecule has 4 rings (SSSR count). The average molecular weight is 427 g/mol. The second-order valence-corrected chi connectivity index (χ2v) is 7.69. The van der Waals surface area contributed by atoms with Gasteiger partial charge in [0.05, 0.1) is 11.5 Å². The van der Waals surface area contributed by atoms with Gasteiger partial charge >= 0.3 is 0 Å². The highest BCUT2D eigenvalue weighted by Gasteiger charge is 2.22. The lowest BCUT2D eigenvalue weighted by Crippen LogP contribution is -2.31. The van der Waals surface area contributed by atoms with Crippen LogP contribution >= 0.6 is 0 Å². The molecule has 0 aliphatic rings. The predicted molar refractivity (Wildman–Crippen MR) is 124 cm³/mol. The van der Waals surface area contributed by atoms with E-state index in [1.165, 1.54) is 30.3 Å². The first-order valence-corrected chi connectivity index (χ1v) is 10.1. The van der Waals surface area contributed by atoms with E-state index in [0.717, 1.165) is 16.5 Å². The van der Waals surface area contributed by atoms with Crippen molar-refractivity contribution in [2.45, 2.75) is 20.4 Å². The number of hydrogen-bond acceptors (Lipinski definition) is 4. The topological polar surface area (TPSA) is 96.3 Å². The maximum atomic E-state index is 13.6. The number of nitro groups is 1. The van der Waals surface area contributed by atoms with Crippen molar-refractivity contribution in [1.82, 2.24) is 4.98 Å². The molecule has 0 aliphatic heterocycles. The number of pyridine rings is 1. The van der Waals surface area contributed by atoms with Crippen molar-refractivity contribution in [2.24, 2.45) is 0 Å². The van der Waals surface area contributed by atoms with Crippen molar-refractivity contribution in [3.05, 3.63) is 116 Å². The first-order chi connectivity index (χ1) is 15.3. The Hall–Kier alpha value is -4.26. The summed E-state index contributed by atoms with van der Waals surface area (Å²) in [6.07, 6.45) is 0. The van der Waals surface area contributed by atoms with E-state index in [-0.39, 0.29) is 23.7 Å². The molecule has 32 heavy (non-hydrogen) atoms. The van der Waals surface area contributed by atoms with Crippen LogP contribution < -0.4 is 10.5 Å². The molecular formula is C25H21N3O4. The normalized spacial score (nSPS) is 10.8. The molecule has 1 N–H and O–H groups in total. The minimum absolute atomic E-state index is 0.0831. The van der Waals surface area contributed by atoms with Gasteiger partial charge in [0, 0.05) is 40.4 Å². The highest BCUT2D eigenvalue weighted by atomic mass is 16.6. The van der Waals surface area contributed by atoms with Crippen LogP contribution in [0.3, 0.4) is 0 Å². The first-order valence-electron chi connectivity index (χ1n) is 10.1. The summed E-state index contributed by atoms with van der Waals surface area (Å²) >= 11 is 0. The number of carbonyl (C=O) groups excluding carboxylic acids is 1. The number of nitrogens with one attached hydrogen (secondary N) is 1. The van der Waals surface area contributed by atoms with E-state index < -0.39 is 4.92 Å². The SMILES string of the molecule is Cc1ccc(N(Cc2cc(=O)[nH]c3ccccc23)C(=O)c2ccc([N+](=O)[O-])cc2)c(C)c1. The van der Waals surface area contributed by atoms with Crippen molar-refractivity contribution in [3.8, 4) is 0 Å². The van der Waals surface area contributed by atoms with Gasteiger partial charge in [-0.1, -0.05) is 35.9 Å². The van der Waals surface area contributed by atoms with Crippen LogP contribution in [0.1, 0.15) is 27.0 Å². The Balaban J connectivity index is 1.82. The molecule has 0 spiro atoms. The van der Waals surface area contributed by atoms with Crippen molar-refractivity contribution in [3.63, 3.8) is 0 Å². The lowest BCUT2D eigenvalue weighted by Gasteiger charge is -2.25. The van der Waals surface area contributed by atoms with Crippen molar-refractivity contribution >= 4 is 28.2 Å². The number of fused-ring (bicyclic) bond motifs is 1. The molecule has 0 aliphatic carbocycles. The van der Waals surface area contributed by atoms with Crippen molar-refractivity contribution in [1.29, 1.82) is 0 Å². The predicted octanol–water partition coefficient (Wildman–Crippen LogP) is 4.90. The fourth-order valence-electron chi connectivity index (χ4n) is 3.83. The van der Waals surface area contributed by atoms with Gasteiger partial charge in [0.25, 0.3) is 11.6 Å². The molecule has 1 aromatic heterocycles. The van der Waals surface area contributed by atoms with Crippen LogP contribution in [0.4, 0.5) is 11.4 Å². The Kier molecular flexibility index (Phi) is 5.55. The van der Waals surface area contributed by atoms with Gasteiger partial charge in [0.2, 0.25) is 5.56 Å². The Morgan fingerprint density at radius 3 is 2.41 bits per heavy atom. The second-order valence-electron chi connectivity index (χ2n) is 7.69. The molecule has 0 bridgehead atoms. The smallest absolute Gasteiger partial charge is 0.269 e. The number of nitro benzene ring substituents is 1. The van der Waals surface area contributed by atoms with Crippen LogP contribution in [-0.2, 0) is 6.54 Å². The number of aryl methyl sites for hydroxylation is 2. The third kappa shape index (κ3) is 4.13. The van der Waals surface area contributed by atoms with Gasteiger partial charge in [-0.3, -0.25) is 19.7 Å². The number of non-ortho nitro benzene ring substituents is 1. The van der Waals surface area contributed by atoms with E-state index >= 15 is 0 Å². The third-order valence-corrected chi connectivity index (χ3v) is 5.38. The number of aromatic amines is 1. The number of H-pyrrole nitrogens is 1. The molecule has 4 aromatic rings. The molecule has 1 amide bonds. The Bertz CT molecular complexity index is 1390. The Labute approximate surface area is 184 Å². The average Bonchev–Trinajstić information content (AvgIpc) is 2.77. The molecule has 1 heterocycles. The molecule has 0 fully saturated rings. The largest absolute Gasteiger partial charge is 0.322 e. The molecule has 0 unspecified atom stereocenters. The molecule has 7 nitrogen and oxygen atoms in total. The molecule has 0 atom stereocenters.